The molecule has 1 saturated heterocycles. The number of H-pyrrole nitrogens is 1. The lowest BCUT2D eigenvalue weighted by molar-refractivity contribution is 0.0456. The summed E-state index contributed by atoms with van der Waals surface area (Å²) in [5.41, 5.74) is 11.5. The summed E-state index contributed by atoms with van der Waals surface area (Å²) in [4.78, 5) is 14.9. The average Bonchev–Trinajstić information content (AvgIpc) is 3.56. The minimum atomic E-state index is -0.196. The van der Waals surface area contributed by atoms with Crippen LogP contribution in [0.2, 0.25) is 0 Å². The Morgan fingerprint density at radius 2 is 1.73 bits per heavy atom. The molecule has 1 aliphatic carbocycles. The highest BCUT2D eigenvalue weighted by molar-refractivity contribution is 6.00. The Kier molecular flexibility index (Phi) is 6.48. The maximum absolute atomic E-state index is 14.2. The molecule has 0 atom stereocenters. The van der Waals surface area contributed by atoms with Crippen LogP contribution in [0, 0.1) is 5.82 Å². The van der Waals surface area contributed by atoms with Gasteiger partial charge in [-0.25, -0.2) is 19.0 Å². The Labute approximate surface area is 232 Å². The second-order valence-electron chi connectivity index (χ2n) is 11.3. The van der Waals surface area contributed by atoms with E-state index in [9.17, 15) is 9.50 Å². The zero-order valence-electron chi connectivity index (χ0n) is 22.4. The quantitative estimate of drug-likeness (QED) is 0.282. The van der Waals surface area contributed by atoms with Gasteiger partial charge in [-0.1, -0.05) is 24.3 Å². The number of benzene rings is 2. The summed E-state index contributed by atoms with van der Waals surface area (Å²) in [6, 6.07) is 16.0. The van der Waals surface area contributed by atoms with Gasteiger partial charge in [0.15, 0.2) is 5.65 Å². The van der Waals surface area contributed by atoms with E-state index in [1.54, 1.807) is 6.07 Å². The van der Waals surface area contributed by atoms with Crippen LogP contribution < -0.4 is 5.73 Å². The molecule has 3 aromatic heterocycles. The third kappa shape index (κ3) is 4.63. The van der Waals surface area contributed by atoms with Crippen molar-refractivity contribution < 1.29 is 9.50 Å². The number of aromatic nitrogens is 5. The molecular formula is C31H34FN7O. The van der Waals surface area contributed by atoms with Gasteiger partial charge in [-0.05, 0) is 68.4 Å². The number of piperidine rings is 1. The fourth-order valence-corrected chi connectivity index (χ4v) is 6.65. The van der Waals surface area contributed by atoms with E-state index in [-0.39, 0.29) is 18.0 Å². The highest BCUT2D eigenvalue weighted by Gasteiger charge is 2.31. The molecule has 40 heavy (non-hydrogen) atoms. The molecule has 7 rings (SSSR count). The van der Waals surface area contributed by atoms with Crippen molar-refractivity contribution in [3.8, 4) is 11.3 Å². The molecule has 0 radical (unpaired) electrons. The van der Waals surface area contributed by atoms with Crippen LogP contribution in [0.1, 0.15) is 55.8 Å². The van der Waals surface area contributed by atoms with Crippen molar-refractivity contribution in [3.05, 3.63) is 71.9 Å². The first-order chi connectivity index (χ1) is 19.5. The lowest BCUT2D eigenvalue weighted by Gasteiger charge is -2.40. The Morgan fingerprint density at radius 3 is 2.52 bits per heavy atom. The molecule has 2 aliphatic rings. The maximum atomic E-state index is 14.2. The summed E-state index contributed by atoms with van der Waals surface area (Å²) >= 11 is 0. The fourth-order valence-electron chi connectivity index (χ4n) is 6.65. The van der Waals surface area contributed by atoms with Gasteiger partial charge in [-0.15, -0.1) is 0 Å². The third-order valence-electron chi connectivity index (χ3n) is 8.83. The topological polar surface area (TPSA) is 109 Å². The van der Waals surface area contributed by atoms with Crippen LogP contribution in [-0.4, -0.2) is 60.0 Å². The van der Waals surface area contributed by atoms with E-state index in [0.29, 0.717) is 23.8 Å². The number of nitrogen functional groups attached to an aromatic ring is 1. The van der Waals surface area contributed by atoms with E-state index < -0.39 is 0 Å². The predicted octanol–water partition coefficient (Wildman–Crippen LogP) is 5.23. The molecule has 0 unspecified atom stereocenters. The van der Waals surface area contributed by atoms with Gasteiger partial charge in [0.2, 0.25) is 0 Å². The Hall–Kier alpha value is -3.82. The number of hydrogen-bond donors (Lipinski definition) is 3. The number of likely N-dealkylation sites (tertiary alicyclic amines) is 1. The molecule has 4 heterocycles. The maximum Gasteiger partial charge on any atom is 0.164 e. The molecule has 0 bridgehead atoms. The number of halogens is 1. The van der Waals surface area contributed by atoms with Gasteiger partial charge in [-0.3, -0.25) is 0 Å². The van der Waals surface area contributed by atoms with Crippen LogP contribution in [0.5, 0.6) is 0 Å². The van der Waals surface area contributed by atoms with Gasteiger partial charge in [0, 0.05) is 47.7 Å². The van der Waals surface area contributed by atoms with Gasteiger partial charge in [0.05, 0.1) is 17.5 Å². The molecule has 2 fully saturated rings. The van der Waals surface area contributed by atoms with Crippen molar-refractivity contribution >= 4 is 27.8 Å². The molecule has 0 spiro atoms. The summed E-state index contributed by atoms with van der Waals surface area (Å²) in [6.07, 6.45) is 7.90. The highest BCUT2D eigenvalue weighted by atomic mass is 19.1. The van der Waals surface area contributed by atoms with Crippen LogP contribution in [0.4, 0.5) is 10.2 Å². The van der Waals surface area contributed by atoms with Crippen molar-refractivity contribution in [1.29, 1.82) is 0 Å². The number of anilines is 1. The average molecular weight is 540 g/mol. The number of aliphatic hydroxyl groups is 1. The molecule has 1 saturated carbocycles. The third-order valence-corrected chi connectivity index (χ3v) is 8.83. The van der Waals surface area contributed by atoms with Gasteiger partial charge in [0.25, 0.3) is 0 Å². The van der Waals surface area contributed by atoms with Crippen molar-refractivity contribution in [3.63, 3.8) is 0 Å². The first-order valence-corrected chi connectivity index (χ1v) is 14.3. The van der Waals surface area contributed by atoms with Crippen LogP contribution in [0.15, 0.2) is 54.9 Å². The van der Waals surface area contributed by atoms with Crippen molar-refractivity contribution in [2.75, 3.05) is 18.8 Å². The SMILES string of the molecule is Nc1ncnc2c1c(-c1ccc3[nH]c(Cc4ccccc4F)cc3c1)nn2[C@H]1CC[C@H](N2CCC(O)CC2)CC1. The standard InChI is InChI=1S/C31H34FN7O/c32-26-4-2-1-3-19(26)16-22-17-21-15-20(5-10-27(21)36-22)29-28-30(33)34-18-35-31(28)39(37-29)24-8-6-23(7-9-24)38-13-11-25(40)12-14-38/h1-5,10,15,17-18,23-25,36,40H,6-9,11-14,16H2,(H2,33,34,35)/t23-,24-. The van der Waals surface area contributed by atoms with Gasteiger partial charge in [-0.2, -0.15) is 5.10 Å². The second-order valence-corrected chi connectivity index (χ2v) is 11.3. The van der Waals surface area contributed by atoms with Gasteiger partial charge in [0.1, 0.15) is 23.7 Å². The minimum absolute atomic E-state index is 0.143. The van der Waals surface area contributed by atoms with E-state index in [1.165, 1.54) is 12.4 Å². The van der Waals surface area contributed by atoms with E-state index in [1.807, 2.05) is 24.3 Å². The lowest BCUT2D eigenvalue weighted by atomic mass is 9.89. The fraction of sp³-hybridized carbons (Fsp3) is 0.387. The summed E-state index contributed by atoms with van der Waals surface area (Å²) < 4.78 is 16.3. The van der Waals surface area contributed by atoms with Crippen LogP contribution in [0.25, 0.3) is 33.2 Å². The zero-order valence-corrected chi connectivity index (χ0v) is 22.4. The molecule has 5 aromatic rings. The molecule has 4 N–H and O–H groups in total. The van der Waals surface area contributed by atoms with Crippen LogP contribution in [-0.2, 0) is 6.42 Å². The molecule has 9 heteroatoms. The first kappa shape index (κ1) is 25.2. The number of nitrogens with two attached hydrogens (primary N) is 1. The number of hydrogen-bond acceptors (Lipinski definition) is 6. The minimum Gasteiger partial charge on any atom is -0.393 e. The van der Waals surface area contributed by atoms with Crippen LogP contribution >= 0.6 is 0 Å². The number of aromatic amines is 1. The first-order valence-electron chi connectivity index (χ1n) is 14.3. The van der Waals surface area contributed by atoms with E-state index >= 15 is 0 Å². The monoisotopic (exact) mass is 539 g/mol. The predicted molar refractivity (Wildman–Crippen MR) is 154 cm³/mol. The Morgan fingerprint density at radius 1 is 0.950 bits per heavy atom. The molecule has 2 aromatic carbocycles. The number of rotatable bonds is 5. The van der Waals surface area contributed by atoms with Gasteiger partial charge < -0.3 is 20.7 Å². The molecule has 206 valence electrons. The second kappa shape index (κ2) is 10.3. The molecular weight excluding hydrogens is 505 g/mol. The number of nitrogens with zero attached hydrogens (tertiary/aromatic N) is 5. The summed E-state index contributed by atoms with van der Waals surface area (Å²) in [6.45, 7) is 1.97. The van der Waals surface area contributed by atoms with Crippen molar-refractivity contribution in [2.45, 2.75) is 63.1 Å². The van der Waals surface area contributed by atoms with Crippen molar-refractivity contribution in [2.24, 2.45) is 0 Å². The van der Waals surface area contributed by atoms with E-state index in [4.69, 9.17) is 10.8 Å². The summed E-state index contributed by atoms with van der Waals surface area (Å²) in [5.74, 6) is 0.235. The summed E-state index contributed by atoms with van der Waals surface area (Å²) in [7, 11) is 0. The number of aliphatic hydroxyl groups excluding tert-OH is 1. The molecule has 8 nitrogen and oxygen atoms in total. The van der Waals surface area contributed by atoms with Gasteiger partial charge >= 0.3 is 0 Å². The number of nitrogens with one attached hydrogen (secondary N) is 1. The van der Waals surface area contributed by atoms with Crippen molar-refractivity contribution in [1.82, 2.24) is 29.6 Å². The Balaban J connectivity index is 1.17. The van der Waals surface area contributed by atoms with E-state index in [2.05, 4.69) is 36.7 Å². The van der Waals surface area contributed by atoms with E-state index in [0.717, 1.165) is 90.5 Å². The molecule has 0 amide bonds. The highest BCUT2D eigenvalue weighted by Crippen LogP contribution is 2.38. The zero-order chi connectivity index (χ0) is 27.2. The Bertz CT molecular complexity index is 1660. The lowest BCUT2D eigenvalue weighted by Crippen LogP contribution is -2.44. The normalized spacial score (nSPS) is 20.9. The molecule has 1 aliphatic heterocycles. The smallest absolute Gasteiger partial charge is 0.164 e. The largest absolute Gasteiger partial charge is 0.393 e. The number of fused-ring (bicyclic) bond motifs is 2. The summed E-state index contributed by atoms with van der Waals surface area (Å²) in [5, 5.41) is 16.8. The van der Waals surface area contributed by atoms with Crippen LogP contribution in [0.3, 0.4) is 0 Å².